The van der Waals surface area contributed by atoms with E-state index in [1.165, 1.54) is 66.8 Å². The van der Waals surface area contributed by atoms with Crippen molar-refractivity contribution in [3.8, 4) is 52.5 Å². The van der Waals surface area contributed by atoms with Crippen molar-refractivity contribution in [1.82, 2.24) is 19.9 Å². The fourth-order valence-corrected chi connectivity index (χ4v) is 17.7. The van der Waals surface area contributed by atoms with Crippen molar-refractivity contribution >= 4 is 65.6 Å². The Morgan fingerprint density at radius 3 is 0.927 bits per heavy atom. The van der Waals surface area contributed by atoms with Gasteiger partial charge in [0.2, 0.25) is 41.2 Å². The zero-order valence-corrected chi connectivity index (χ0v) is 62.6. The molecule has 6 aromatic carbocycles. The molecule has 578 valence electrons. The molecule has 1 amide bonds. The number of aliphatic hydroxyl groups excluding tert-OH is 3. The number of halogens is 3. The van der Waals surface area contributed by atoms with Gasteiger partial charge in [0.15, 0.2) is 33.6 Å². The molecule has 0 saturated heterocycles. The second kappa shape index (κ2) is 31.9. The number of carboxylic acid groups (broad SMARTS) is 1. The van der Waals surface area contributed by atoms with E-state index in [0.717, 1.165) is 19.0 Å². The van der Waals surface area contributed by atoms with Gasteiger partial charge in [0.25, 0.3) is 0 Å². The van der Waals surface area contributed by atoms with Crippen molar-refractivity contribution in [2.45, 2.75) is 99.4 Å². The van der Waals surface area contributed by atoms with Gasteiger partial charge in [-0.2, -0.15) is 15.0 Å². The van der Waals surface area contributed by atoms with Gasteiger partial charge in [-0.05, 0) is 69.8 Å². The van der Waals surface area contributed by atoms with E-state index in [0.29, 0.717) is 27.8 Å². The van der Waals surface area contributed by atoms with E-state index in [-0.39, 0.29) is 105 Å². The molecule has 24 nitrogen and oxygen atoms in total. The van der Waals surface area contributed by atoms with E-state index >= 15 is 0 Å². The van der Waals surface area contributed by atoms with Crippen LogP contribution in [0.5, 0.6) is 52.5 Å². The third-order valence-corrected chi connectivity index (χ3v) is 22.7. The maximum absolute atomic E-state index is 13.6. The largest absolute Gasteiger partial charge is 0.481 e. The summed E-state index contributed by atoms with van der Waals surface area (Å²) in [6.45, 7) is 0. The number of hydrogen-bond donors (Lipinski definition) is 7. The number of amides is 1. The van der Waals surface area contributed by atoms with Gasteiger partial charge in [0, 0.05) is 63.5 Å². The highest BCUT2D eigenvalue weighted by molar-refractivity contribution is 9.11. The second-order valence-corrected chi connectivity index (χ2v) is 28.9. The van der Waals surface area contributed by atoms with E-state index < -0.39 is 99.4 Å². The zero-order chi connectivity index (χ0) is 75.0. The van der Waals surface area contributed by atoms with Crippen molar-refractivity contribution in [3.63, 3.8) is 0 Å². The van der Waals surface area contributed by atoms with E-state index in [2.05, 4.69) is 62.7 Å². The number of aliphatic carboxylic acids is 1. The Morgan fingerprint density at radius 2 is 0.670 bits per heavy atom. The number of methoxy groups -OCH3 is 7. The van der Waals surface area contributed by atoms with Crippen LogP contribution < -0.4 is 42.6 Å². The molecule has 3 aliphatic heterocycles. The molecular formula is C82H89Br3N4O20. The smallest absolute Gasteiger partial charge is 0.312 e. The first-order chi connectivity index (χ1) is 50.3. The van der Waals surface area contributed by atoms with Crippen LogP contribution in [0.3, 0.4) is 0 Å². The van der Waals surface area contributed by atoms with Gasteiger partial charge in [0.05, 0.1) is 84.2 Å². The molecule has 9 aromatic rings. The van der Waals surface area contributed by atoms with Crippen LogP contribution in [0.2, 0.25) is 0 Å². The molecule has 3 aromatic heterocycles. The third-order valence-electron chi connectivity index (χ3n) is 21.1. The normalized spacial score (nSPS) is 27.6. The Kier molecular flexibility index (Phi) is 24.5. The summed E-state index contributed by atoms with van der Waals surface area (Å²) in [5.41, 5.74) is -7.28. The Bertz CT molecular complexity index is 4770. The average molecular weight is 1690 g/mol. The average Bonchev–Trinajstić information content (AvgIpc) is 1.51. The topological polar surface area (TPSA) is 327 Å². The molecule has 3 aliphatic carbocycles. The predicted molar refractivity (Wildman–Crippen MR) is 414 cm³/mol. The number of carboxylic acids is 1. The number of ether oxygens (including phenoxy) is 10. The van der Waals surface area contributed by atoms with Crippen LogP contribution in [0.4, 0.5) is 0 Å². The summed E-state index contributed by atoms with van der Waals surface area (Å²) < 4.78 is 60.0. The number of pyridine rings is 3. The number of aromatic nitrogens is 3. The number of aliphatic hydroxyl groups is 6. The number of esters is 1. The Morgan fingerprint density at radius 1 is 0.404 bits per heavy atom. The lowest BCUT2D eigenvalue weighted by atomic mass is 9.70. The van der Waals surface area contributed by atoms with Gasteiger partial charge in [0.1, 0.15) is 35.6 Å². The summed E-state index contributed by atoms with van der Waals surface area (Å²) >= 11 is 10.3. The fraction of sp³-hybridized carbons (Fsp3) is 0.341. The molecule has 15 atom stereocenters. The lowest BCUT2D eigenvalue weighted by molar-refractivity contribution is -0.161. The van der Waals surface area contributed by atoms with Crippen molar-refractivity contribution in [1.29, 1.82) is 0 Å². The first kappa shape index (κ1) is 83.6. The molecule has 6 heterocycles. The van der Waals surface area contributed by atoms with Gasteiger partial charge in [-0.1, -0.05) is 205 Å². The number of nitrogens with zero attached hydrogens (tertiary/aromatic N) is 4. The SMILES string of the molecule is C.C.C.C.COC(=O)[C@H]1[C@@H](O)[C@@]2(O)c3c(cc(OC)nc3OC)O[C@@]2(c2ccc(Br)cc2)[C@@H]1c1ccccc1.COc1cc2c(c(OC)n1)[C@]1(O)[C@H](O)[C@H](C(=O)N(C)C)[C@@H](c3ccccc3)[C@]1(c1ccc(Br)cc1)O2.COc1cc2c(c(OC)n1)[C@]1(O)[C@H](O)[C@H](C(=O)O)[C@@H](c3ccccc3)[C@]1(c1ccc(Br)cc1)O2. The molecular weight excluding hydrogens is 1600 g/mol. The van der Waals surface area contributed by atoms with E-state index in [1.807, 2.05) is 103 Å². The summed E-state index contributed by atoms with van der Waals surface area (Å²) in [6, 6.07) is 53.6. The zero-order valence-electron chi connectivity index (χ0n) is 57.9. The first-order valence-corrected chi connectivity index (χ1v) is 35.3. The van der Waals surface area contributed by atoms with Gasteiger partial charge >= 0.3 is 11.9 Å². The Hall–Kier alpha value is -9.42. The molecule has 0 radical (unpaired) electrons. The molecule has 3 saturated carbocycles. The van der Waals surface area contributed by atoms with Gasteiger partial charge < -0.3 is 88.0 Å². The maximum Gasteiger partial charge on any atom is 0.312 e. The van der Waals surface area contributed by atoms with Crippen LogP contribution in [0.15, 0.2) is 195 Å². The summed E-state index contributed by atoms with van der Waals surface area (Å²) in [7, 11) is 13.1. The molecule has 6 aliphatic rings. The molecule has 0 bridgehead atoms. The monoisotopic (exact) mass is 1690 g/mol. The van der Waals surface area contributed by atoms with Crippen molar-refractivity contribution < 1.29 is 97.5 Å². The quantitative estimate of drug-likeness (QED) is 0.0469. The lowest BCUT2D eigenvalue weighted by Gasteiger charge is -2.40. The number of carbonyl (C=O) groups is 3. The number of hydrogen-bond acceptors (Lipinski definition) is 22. The van der Waals surface area contributed by atoms with Crippen LogP contribution in [-0.2, 0) is 52.7 Å². The minimum absolute atomic E-state index is 0. The number of fused-ring (bicyclic) bond motifs is 9. The summed E-state index contributed by atoms with van der Waals surface area (Å²) in [5.74, 6) is -7.02. The summed E-state index contributed by atoms with van der Waals surface area (Å²) in [5, 5.41) is 83.3. The van der Waals surface area contributed by atoms with Crippen molar-refractivity contribution in [3.05, 3.63) is 245 Å². The molecule has 7 N–H and O–H groups in total. The molecule has 0 spiro atoms. The van der Waals surface area contributed by atoms with Crippen LogP contribution in [0, 0.1) is 17.8 Å². The molecule has 3 fully saturated rings. The van der Waals surface area contributed by atoms with E-state index in [9.17, 15) is 50.1 Å². The molecule has 0 unspecified atom stereocenters. The number of benzene rings is 6. The van der Waals surface area contributed by atoms with Crippen LogP contribution >= 0.6 is 47.8 Å². The van der Waals surface area contributed by atoms with Crippen LogP contribution in [-0.4, -0.2) is 156 Å². The highest BCUT2D eigenvalue weighted by atomic mass is 79.9. The molecule has 109 heavy (non-hydrogen) atoms. The number of rotatable bonds is 15. The Labute approximate surface area is 657 Å². The van der Waals surface area contributed by atoms with Gasteiger partial charge in [-0.3, -0.25) is 14.4 Å². The fourth-order valence-electron chi connectivity index (χ4n) is 16.9. The molecule has 15 rings (SSSR count). The third kappa shape index (κ3) is 12.4. The minimum atomic E-state index is -2.20. The summed E-state index contributed by atoms with van der Waals surface area (Å²) in [4.78, 5) is 53.7. The summed E-state index contributed by atoms with van der Waals surface area (Å²) in [6.07, 6.45) is -4.91. The number of carbonyl (C=O) groups excluding carboxylic acids is 2. The van der Waals surface area contributed by atoms with E-state index in [4.69, 9.17) is 47.4 Å². The highest BCUT2D eigenvalue weighted by Crippen LogP contribution is 2.74. The molecule has 27 heteroatoms. The van der Waals surface area contributed by atoms with Crippen LogP contribution in [0.1, 0.15) is 97.5 Å². The van der Waals surface area contributed by atoms with Gasteiger partial charge in [-0.25, -0.2) is 0 Å². The van der Waals surface area contributed by atoms with Crippen molar-refractivity contribution in [2.24, 2.45) is 17.8 Å². The second-order valence-electron chi connectivity index (χ2n) is 26.1. The predicted octanol–water partition coefficient (Wildman–Crippen LogP) is 12.2. The highest BCUT2D eigenvalue weighted by Gasteiger charge is 2.81. The van der Waals surface area contributed by atoms with Gasteiger partial charge in [-0.15, -0.1) is 0 Å². The van der Waals surface area contributed by atoms with Crippen molar-refractivity contribution in [2.75, 3.05) is 63.9 Å². The first-order valence-electron chi connectivity index (χ1n) is 33.0. The van der Waals surface area contributed by atoms with E-state index in [1.54, 1.807) is 80.8 Å². The maximum atomic E-state index is 13.6. The standard InChI is InChI=1S/C27H27BrN2O6.C26H24BrNO7.C25H22BrNO7.4CH4/c1-30(2)25(32)20-21(15-8-6-5-7-9-15)27(16-10-12-17(28)13-11-16)26(33,23(20)31)22-18(36-27)14-19(34-3)29-24(22)35-4;1-32-18-13-17-21(23(28-18)33-2)25(31)22(29)19(24(30)34-3)20(14-7-5-4-6-8-14)26(25,35-17)15-9-11-16(27)12-10-15;1-32-17-12-16-20(22(27-17)33-2)24(31)21(28)18(23(29)30)19(13-6-4-3-5-7-13)25(24,34-16)14-8-10-15(26)11-9-14;;;;/h5-14,20-21,23,31,33H,1-4H3;4-13,19-20,22,29,31H,1-3H3;3-12,18-19,21,28,31H,1-2H3,(H,29,30);4*1H4/t20-,21-,23-,26+,27+;19-,20-,22-,25+,26+;18-,19-,21-,24+,25+;;;;/m111..../s1. The minimum Gasteiger partial charge on any atom is -0.481 e. The van der Waals surface area contributed by atoms with Crippen LogP contribution in [0.25, 0.3) is 0 Å². The Balaban J connectivity index is 0.000000185. The lowest BCUT2D eigenvalue weighted by Crippen LogP contribution is -2.52.